The molecule has 196 valence electrons. The van der Waals surface area contributed by atoms with E-state index in [1.165, 1.54) is 24.8 Å². The molecule has 1 N–H and O–H groups in total. The number of benzene rings is 2. The molecule has 0 aliphatic carbocycles. The summed E-state index contributed by atoms with van der Waals surface area (Å²) in [5, 5.41) is 6.55. The van der Waals surface area contributed by atoms with E-state index in [1.54, 1.807) is 0 Å². The lowest BCUT2D eigenvalue weighted by Gasteiger charge is -2.34. The maximum Gasteiger partial charge on any atom is 0.318 e. The molecule has 2 fully saturated rings. The third-order valence-corrected chi connectivity index (χ3v) is 8.64. The van der Waals surface area contributed by atoms with Crippen molar-refractivity contribution in [3.8, 4) is 6.01 Å². The van der Waals surface area contributed by atoms with Gasteiger partial charge >= 0.3 is 6.01 Å². The zero-order chi connectivity index (χ0) is 25.4. The van der Waals surface area contributed by atoms with Crippen molar-refractivity contribution in [1.82, 2.24) is 20.2 Å². The number of fused-ring (bicyclic) bond motifs is 2. The monoisotopic (exact) mass is 520 g/mol. The summed E-state index contributed by atoms with van der Waals surface area (Å²) in [5.41, 5.74) is 3.47. The van der Waals surface area contributed by atoms with Crippen molar-refractivity contribution in [3.05, 3.63) is 52.7 Å². The number of likely N-dealkylation sites (N-methyl/N-ethyl adjacent to an activating group) is 1. The van der Waals surface area contributed by atoms with Gasteiger partial charge < -0.3 is 24.8 Å². The lowest BCUT2D eigenvalue weighted by atomic mass is 10.0. The van der Waals surface area contributed by atoms with E-state index in [0.717, 1.165) is 72.1 Å². The van der Waals surface area contributed by atoms with Crippen molar-refractivity contribution in [2.24, 2.45) is 5.92 Å². The number of aromatic nitrogens is 2. The third kappa shape index (κ3) is 5.09. The smallest absolute Gasteiger partial charge is 0.318 e. The summed E-state index contributed by atoms with van der Waals surface area (Å²) >= 11 is 6.68. The summed E-state index contributed by atoms with van der Waals surface area (Å²) in [6.45, 7) is 6.55. The molecule has 2 unspecified atom stereocenters. The summed E-state index contributed by atoms with van der Waals surface area (Å²) in [6.07, 6.45) is 4.50. The Balaban J connectivity index is 1.31. The van der Waals surface area contributed by atoms with Gasteiger partial charge in [-0.2, -0.15) is 9.97 Å². The number of anilines is 2. The highest BCUT2D eigenvalue weighted by Gasteiger charge is 2.28. The molecule has 2 aromatic carbocycles. The van der Waals surface area contributed by atoms with Crippen LogP contribution in [0.25, 0.3) is 10.8 Å². The van der Waals surface area contributed by atoms with Crippen molar-refractivity contribution in [2.45, 2.75) is 38.3 Å². The van der Waals surface area contributed by atoms with E-state index in [0.29, 0.717) is 31.1 Å². The quantitative estimate of drug-likeness (QED) is 0.496. The molecule has 2 saturated heterocycles. The predicted octanol–water partition coefficient (Wildman–Crippen LogP) is 4.36. The average Bonchev–Trinajstić information content (AvgIpc) is 3.58. The van der Waals surface area contributed by atoms with Crippen LogP contribution in [0, 0.1) is 5.92 Å². The SMILES string of the molecule is CN(CC1CCNC1)c1nc(OCC2CCCN2C)nc2c1CCN(c1cccc3cccc(Cl)c13)C2. The van der Waals surface area contributed by atoms with Crippen LogP contribution in [0.15, 0.2) is 36.4 Å². The van der Waals surface area contributed by atoms with Gasteiger partial charge in [0.25, 0.3) is 0 Å². The molecule has 1 aromatic heterocycles. The zero-order valence-corrected chi connectivity index (χ0v) is 22.7. The number of nitrogens with one attached hydrogen (secondary N) is 1. The second kappa shape index (κ2) is 10.6. The van der Waals surface area contributed by atoms with Crippen molar-refractivity contribution >= 4 is 33.9 Å². The molecule has 0 amide bonds. The lowest BCUT2D eigenvalue weighted by molar-refractivity contribution is 0.187. The Hall–Kier alpha value is -2.61. The van der Waals surface area contributed by atoms with E-state index in [2.05, 4.69) is 58.4 Å². The predicted molar refractivity (Wildman–Crippen MR) is 151 cm³/mol. The molecule has 0 radical (unpaired) electrons. The maximum atomic E-state index is 6.68. The van der Waals surface area contributed by atoms with Crippen molar-refractivity contribution in [2.75, 3.05) is 63.2 Å². The molecule has 0 spiro atoms. The van der Waals surface area contributed by atoms with Crippen LogP contribution in [-0.2, 0) is 13.0 Å². The molecule has 8 heteroatoms. The van der Waals surface area contributed by atoms with Crippen LogP contribution in [-0.4, -0.2) is 74.3 Å². The van der Waals surface area contributed by atoms with Gasteiger partial charge in [-0.1, -0.05) is 35.9 Å². The Morgan fingerprint density at radius 1 is 1.14 bits per heavy atom. The molecule has 6 rings (SSSR count). The molecular weight excluding hydrogens is 484 g/mol. The van der Waals surface area contributed by atoms with Gasteiger partial charge in [-0.15, -0.1) is 0 Å². The first-order valence-electron chi connectivity index (χ1n) is 13.6. The Labute approximate surface area is 224 Å². The number of ether oxygens (including phenoxy) is 1. The first-order valence-corrected chi connectivity index (χ1v) is 14.0. The number of nitrogens with zero attached hydrogens (tertiary/aromatic N) is 5. The summed E-state index contributed by atoms with van der Waals surface area (Å²) in [7, 11) is 4.35. The fourth-order valence-electron chi connectivity index (χ4n) is 6.22. The van der Waals surface area contributed by atoms with Crippen LogP contribution >= 0.6 is 11.6 Å². The Morgan fingerprint density at radius 3 is 2.78 bits per heavy atom. The van der Waals surface area contributed by atoms with E-state index in [9.17, 15) is 0 Å². The van der Waals surface area contributed by atoms with E-state index < -0.39 is 0 Å². The van der Waals surface area contributed by atoms with E-state index in [-0.39, 0.29) is 0 Å². The molecule has 3 aliphatic rings. The largest absolute Gasteiger partial charge is 0.462 e. The minimum Gasteiger partial charge on any atom is -0.462 e. The van der Waals surface area contributed by atoms with E-state index in [1.807, 2.05) is 12.1 Å². The molecule has 3 aromatic rings. The highest BCUT2D eigenvalue weighted by atomic mass is 35.5. The van der Waals surface area contributed by atoms with Gasteiger partial charge in [0.15, 0.2) is 0 Å². The summed E-state index contributed by atoms with van der Waals surface area (Å²) < 4.78 is 6.28. The van der Waals surface area contributed by atoms with Gasteiger partial charge in [0, 0.05) is 42.8 Å². The molecule has 2 atom stereocenters. The second-order valence-corrected chi connectivity index (χ2v) is 11.3. The van der Waals surface area contributed by atoms with Crippen LogP contribution in [0.3, 0.4) is 0 Å². The minimum absolute atomic E-state index is 0.430. The Kier molecular flexibility index (Phi) is 7.10. The summed E-state index contributed by atoms with van der Waals surface area (Å²) in [6, 6.07) is 13.5. The van der Waals surface area contributed by atoms with Crippen LogP contribution < -0.4 is 19.9 Å². The first kappa shape index (κ1) is 24.7. The van der Waals surface area contributed by atoms with Crippen LogP contribution in [0.4, 0.5) is 11.5 Å². The van der Waals surface area contributed by atoms with Gasteiger partial charge in [-0.25, -0.2) is 0 Å². The topological polar surface area (TPSA) is 56.8 Å². The average molecular weight is 521 g/mol. The minimum atomic E-state index is 0.430. The van der Waals surface area contributed by atoms with E-state index >= 15 is 0 Å². The van der Waals surface area contributed by atoms with Gasteiger partial charge in [0.2, 0.25) is 0 Å². The lowest BCUT2D eigenvalue weighted by Crippen LogP contribution is -2.35. The number of halogens is 1. The Bertz CT molecular complexity index is 1260. The van der Waals surface area contributed by atoms with Crippen molar-refractivity contribution in [1.29, 1.82) is 0 Å². The normalized spacial score (nSPS) is 22.0. The number of rotatable bonds is 7. The molecule has 4 heterocycles. The Morgan fingerprint density at radius 2 is 2.00 bits per heavy atom. The highest BCUT2D eigenvalue weighted by molar-refractivity contribution is 6.36. The second-order valence-electron chi connectivity index (χ2n) is 10.9. The van der Waals surface area contributed by atoms with Gasteiger partial charge in [0.05, 0.1) is 17.3 Å². The molecule has 0 saturated carbocycles. The van der Waals surface area contributed by atoms with Crippen LogP contribution in [0.2, 0.25) is 5.02 Å². The standard InChI is InChI=1S/C29H37ClN6O/c1-34-14-5-8-22(34)19-37-29-32-25-18-36(26-10-4-7-21-6-3-9-24(30)27(21)26)15-12-23(25)28(33-29)35(2)17-20-11-13-31-16-20/h3-4,6-7,9-10,20,22,31H,5,8,11-19H2,1-2H3. The molecule has 37 heavy (non-hydrogen) atoms. The fourth-order valence-corrected chi connectivity index (χ4v) is 6.50. The number of hydrogen-bond donors (Lipinski definition) is 1. The highest BCUT2D eigenvalue weighted by Crippen LogP contribution is 2.37. The maximum absolute atomic E-state index is 6.68. The third-order valence-electron chi connectivity index (χ3n) is 8.33. The van der Waals surface area contributed by atoms with Crippen LogP contribution in [0.1, 0.15) is 30.5 Å². The van der Waals surface area contributed by atoms with Gasteiger partial charge in [0.1, 0.15) is 12.4 Å². The van der Waals surface area contributed by atoms with Gasteiger partial charge in [-0.05, 0) is 75.8 Å². The number of hydrogen-bond acceptors (Lipinski definition) is 7. The molecular formula is C29H37ClN6O. The molecule has 0 bridgehead atoms. The van der Waals surface area contributed by atoms with E-state index in [4.69, 9.17) is 26.3 Å². The van der Waals surface area contributed by atoms with Gasteiger partial charge in [-0.3, -0.25) is 0 Å². The van der Waals surface area contributed by atoms with Crippen molar-refractivity contribution in [3.63, 3.8) is 0 Å². The molecule has 3 aliphatic heterocycles. The van der Waals surface area contributed by atoms with Crippen LogP contribution in [0.5, 0.6) is 6.01 Å². The number of likely N-dealkylation sites (tertiary alicyclic amines) is 1. The molecule has 7 nitrogen and oxygen atoms in total. The van der Waals surface area contributed by atoms with Crippen molar-refractivity contribution < 1.29 is 4.74 Å². The zero-order valence-electron chi connectivity index (χ0n) is 21.9. The first-order chi connectivity index (χ1) is 18.1. The fraction of sp³-hybridized carbons (Fsp3) is 0.517. The summed E-state index contributed by atoms with van der Waals surface area (Å²) in [5.74, 6) is 1.67. The summed E-state index contributed by atoms with van der Waals surface area (Å²) in [4.78, 5) is 17.1.